The quantitative estimate of drug-likeness (QED) is 0.220. The molecule has 0 bridgehead atoms. The maximum Gasteiger partial charge on any atom is 0.139 e. The fraction of sp³-hybridized carbons (Fsp3) is 0.111. The van der Waals surface area contributed by atoms with Gasteiger partial charge in [-0.2, -0.15) is 0 Å². The Kier molecular flexibility index (Phi) is 2.68. The number of hydrogen-bond donors (Lipinski definition) is 0. The summed E-state index contributed by atoms with van der Waals surface area (Å²) >= 11 is 0. The molecular formula is C36H28O. The minimum Gasteiger partial charge on any atom is -0.456 e. The molecule has 0 saturated carbocycles. The normalized spacial score (nSPS) is 17.1. The fourth-order valence-electron chi connectivity index (χ4n) is 5.08. The van der Waals surface area contributed by atoms with Crippen LogP contribution in [0.4, 0.5) is 0 Å². The van der Waals surface area contributed by atoms with E-state index in [2.05, 4.69) is 20.8 Å². The summed E-state index contributed by atoms with van der Waals surface area (Å²) in [5, 5.41) is 0.711. The van der Waals surface area contributed by atoms with Crippen LogP contribution < -0.4 is 0 Å². The molecule has 1 heterocycles. The van der Waals surface area contributed by atoms with E-state index in [1.165, 1.54) is 0 Å². The summed E-state index contributed by atoms with van der Waals surface area (Å²) in [6.07, 6.45) is 0. The van der Waals surface area contributed by atoms with Gasteiger partial charge in [-0.25, -0.2) is 0 Å². The number of fused-ring (bicyclic) bond motifs is 5. The van der Waals surface area contributed by atoms with Gasteiger partial charge in [0.15, 0.2) is 0 Å². The first-order chi connectivity index (χ1) is 23.4. The zero-order chi connectivity index (χ0) is 36.5. The molecule has 1 nitrogen and oxygen atoms in total. The second-order valence-electron chi connectivity index (χ2n) is 10.00. The highest BCUT2D eigenvalue weighted by molar-refractivity contribution is 6.22. The van der Waals surface area contributed by atoms with Crippen molar-refractivity contribution in [1.29, 1.82) is 0 Å². The summed E-state index contributed by atoms with van der Waals surface area (Å²) in [4.78, 5) is 0. The third-order valence-corrected chi connectivity index (χ3v) is 6.72. The molecule has 0 aliphatic carbocycles. The number of hydrogen-bond acceptors (Lipinski definition) is 1. The largest absolute Gasteiger partial charge is 0.456 e. The van der Waals surface area contributed by atoms with Gasteiger partial charge in [0.05, 0.1) is 17.8 Å². The molecule has 0 amide bonds. The highest BCUT2D eigenvalue weighted by atomic mass is 16.3. The molecular weight excluding hydrogens is 448 g/mol. The van der Waals surface area contributed by atoms with E-state index < -0.39 is 84.1 Å². The Morgan fingerprint density at radius 1 is 0.568 bits per heavy atom. The second kappa shape index (κ2) is 8.08. The van der Waals surface area contributed by atoms with Gasteiger partial charge in [-0.3, -0.25) is 0 Å². The molecule has 0 aliphatic rings. The molecule has 0 atom stereocenters. The monoisotopic (exact) mass is 489 g/mol. The molecule has 0 aliphatic heterocycles. The van der Waals surface area contributed by atoms with Crippen LogP contribution in [0.5, 0.6) is 0 Å². The first-order valence-electron chi connectivity index (χ1n) is 18.4. The van der Waals surface area contributed by atoms with Crippen molar-refractivity contribution < 1.29 is 22.2 Å². The van der Waals surface area contributed by atoms with Crippen molar-refractivity contribution in [3.63, 3.8) is 0 Å². The predicted molar refractivity (Wildman–Crippen MR) is 158 cm³/mol. The lowest BCUT2D eigenvalue weighted by Crippen LogP contribution is -2.10. The summed E-state index contributed by atoms with van der Waals surface area (Å²) in [6.45, 7) is 6.20. The zero-order valence-corrected chi connectivity index (χ0v) is 20.4. The topological polar surface area (TPSA) is 13.1 Å². The highest BCUT2D eigenvalue weighted by Crippen LogP contribution is 2.45. The van der Waals surface area contributed by atoms with Crippen LogP contribution in [0.2, 0.25) is 0 Å². The Hall–Kier alpha value is -4.36. The van der Waals surface area contributed by atoms with E-state index in [4.69, 9.17) is 22.2 Å². The van der Waals surface area contributed by atoms with Crippen molar-refractivity contribution in [2.24, 2.45) is 0 Å². The highest BCUT2D eigenvalue weighted by Gasteiger charge is 2.21. The lowest BCUT2D eigenvalue weighted by molar-refractivity contribution is 0.573. The van der Waals surface area contributed by atoms with E-state index in [9.17, 15) is 0 Å². The molecule has 0 saturated heterocycles. The molecule has 0 radical (unpaired) electrons. The minimum absolute atomic E-state index is 0.0772. The van der Waals surface area contributed by atoms with E-state index in [0.29, 0.717) is 22.1 Å². The second-order valence-corrected chi connectivity index (χ2v) is 10.00. The third kappa shape index (κ3) is 3.38. The summed E-state index contributed by atoms with van der Waals surface area (Å²) < 4.78 is 120. The fourth-order valence-corrected chi connectivity index (χ4v) is 5.08. The van der Waals surface area contributed by atoms with Crippen molar-refractivity contribution in [2.45, 2.75) is 26.2 Å². The van der Waals surface area contributed by atoms with Gasteiger partial charge in [-0.1, -0.05) is 124 Å². The lowest BCUT2D eigenvalue weighted by Gasteiger charge is -2.18. The lowest BCUT2D eigenvalue weighted by atomic mass is 9.85. The van der Waals surface area contributed by atoms with Crippen LogP contribution in [0.25, 0.3) is 65.7 Å². The molecule has 7 rings (SSSR count). The molecule has 0 unspecified atom stereocenters. The summed E-state index contributed by atoms with van der Waals surface area (Å²) in [5.74, 6) is 0. The maximum atomic E-state index is 9.16. The van der Waals surface area contributed by atoms with Gasteiger partial charge < -0.3 is 4.42 Å². The smallest absolute Gasteiger partial charge is 0.139 e. The van der Waals surface area contributed by atoms with Gasteiger partial charge in [0.2, 0.25) is 0 Å². The predicted octanol–water partition coefficient (Wildman–Crippen LogP) is 10.5. The first kappa shape index (κ1) is 12.3. The molecule has 178 valence electrons. The van der Waals surface area contributed by atoms with Crippen molar-refractivity contribution in [3.8, 4) is 22.3 Å². The Morgan fingerprint density at radius 2 is 1.14 bits per heavy atom. The van der Waals surface area contributed by atoms with E-state index in [1.807, 2.05) is 18.2 Å². The number of rotatable bonds is 2. The average Bonchev–Trinajstić information content (AvgIpc) is 3.46. The summed E-state index contributed by atoms with van der Waals surface area (Å²) in [6, 6.07) is 2.66. The Morgan fingerprint density at radius 3 is 1.73 bits per heavy atom. The van der Waals surface area contributed by atoms with Crippen LogP contribution in [0, 0.1) is 0 Å². The van der Waals surface area contributed by atoms with E-state index in [-0.39, 0.29) is 38.1 Å². The van der Waals surface area contributed by atoms with Crippen molar-refractivity contribution in [2.75, 3.05) is 0 Å². The molecule has 1 heteroatoms. The molecule has 0 spiro atoms. The van der Waals surface area contributed by atoms with E-state index >= 15 is 0 Å². The number of para-hydroxylation sites is 1. The van der Waals surface area contributed by atoms with E-state index in [0.717, 1.165) is 10.9 Å². The Bertz CT molecular complexity index is 2560. The van der Waals surface area contributed by atoms with Crippen LogP contribution in [0.15, 0.2) is 119 Å². The van der Waals surface area contributed by atoms with Gasteiger partial charge in [0.25, 0.3) is 0 Å². The summed E-state index contributed by atoms with van der Waals surface area (Å²) in [5.41, 5.74) is 1.60. The number of furan rings is 1. The van der Waals surface area contributed by atoms with Crippen LogP contribution in [-0.4, -0.2) is 0 Å². The van der Waals surface area contributed by atoms with Crippen molar-refractivity contribution in [1.82, 2.24) is 0 Å². The Balaban J connectivity index is 1.80. The van der Waals surface area contributed by atoms with E-state index in [1.54, 1.807) is 18.2 Å². The van der Waals surface area contributed by atoms with Gasteiger partial charge >= 0.3 is 0 Å². The molecule has 1 aromatic heterocycles. The van der Waals surface area contributed by atoms with Gasteiger partial charge in [-0.05, 0) is 61.3 Å². The van der Waals surface area contributed by atoms with Gasteiger partial charge in [0, 0.05) is 16.3 Å². The third-order valence-electron chi connectivity index (χ3n) is 6.72. The van der Waals surface area contributed by atoms with Gasteiger partial charge in [-0.15, -0.1) is 0 Å². The van der Waals surface area contributed by atoms with Crippen LogP contribution >= 0.6 is 0 Å². The Labute approximate surface area is 235 Å². The van der Waals surface area contributed by atoms with Crippen molar-refractivity contribution >= 4 is 43.5 Å². The average molecular weight is 490 g/mol. The van der Waals surface area contributed by atoms with Gasteiger partial charge in [0.1, 0.15) is 11.2 Å². The van der Waals surface area contributed by atoms with Crippen LogP contribution in [0.3, 0.4) is 0 Å². The minimum atomic E-state index is -0.708. The molecule has 0 N–H and O–H groups in total. The molecule has 6 aromatic carbocycles. The standard InChI is InChI=1S/C36H28O/c1-36(2,3)31-19-11-18-29-30-22-24(20-21-32(30)37-35(29)31)34-27-16-9-7-14-25(27)33(23-12-5-4-6-13-23)26-15-8-10-17-28(26)34/h4-22H,1-3H3/i4D,5D,6D,7D,8D,9D,10D,12D,13D,14D,15D,16D,17D. The number of benzene rings is 6. The molecule has 0 fully saturated rings. The van der Waals surface area contributed by atoms with Crippen LogP contribution in [0.1, 0.15) is 44.2 Å². The van der Waals surface area contributed by atoms with Crippen LogP contribution in [-0.2, 0) is 5.41 Å². The SMILES string of the molecule is [2H]c1c([2H])c([2H])c(-c2c3c([2H])c([2H])c([2H])c([2H])c3c(-c3ccc4oc5c(C(C)(C)C)cccc5c4c3)c3c([2H])c([2H])c([2H])c([2H])c23)c([2H])c1[2H]. The zero-order valence-electron chi connectivity index (χ0n) is 33.4. The molecule has 7 aromatic rings. The molecule has 37 heavy (non-hydrogen) atoms. The maximum absolute atomic E-state index is 9.16. The summed E-state index contributed by atoms with van der Waals surface area (Å²) in [7, 11) is 0. The first-order valence-corrected chi connectivity index (χ1v) is 11.9. The van der Waals surface area contributed by atoms with Crippen molar-refractivity contribution in [3.05, 3.63) is 121 Å².